The molecule has 10 heteroatoms. The van der Waals surface area contributed by atoms with Gasteiger partial charge in [0.25, 0.3) is 15.7 Å². The van der Waals surface area contributed by atoms with Gasteiger partial charge in [0.15, 0.2) is 0 Å². The number of amides is 1. The van der Waals surface area contributed by atoms with Gasteiger partial charge in [0.05, 0.1) is 15.5 Å². The molecule has 0 saturated heterocycles. The molecule has 0 unspecified atom stereocenters. The van der Waals surface area contributed by atoms with Crippen LogP contribution in [0, 0.1) is 10.1 Å². The highest BCUT2D eigenvalue weighted by Gasteiger charge is 2.29. The molecule has 3 aromatic carbocycles. The summed E-state index contributed by atoms with van der Waals surface area (Å²) in [6.07, 6.45) is 0.591. The lowest BCUT2D eigenvalue weighted by atomic mass is 10.1. The summed E-state index contributed by atoms with van der Waals surface area (Å²) in [6, 6.07) is 20.8. The Bertz CT molecular complexity index is 1200. The number of benzene rings is 3. The average Bonchev–Trinajstić information content (AvgIpc) is 2.78. The number of sulfonamides is 1. The van der Waals surface area contributed by atoms with Gasteiger partial charge in [0, 0.05) is 12.6 Å². The van der Waals surface area contributed by atoms with Crippen LogP contribution in [0.3, 0.4) is 0 Å². The molecule has 0 heterocycles. The van der Waals surface area contributed by atoms with Gasteiger partial charge >= 0.3 is 0 Å². The monoisotopic (exact) mass is 473 g/mol. The lowest BCUT2D eigenvalue weighted by Gasteiger charge is -2.24. The summed E-state index contributed by atoms with van der Waals surface area (Å²) in [4.78, 5) is 22.7. The zero-order valence-electron chi connectivity index (χ0n) is 16.8. The second-order valence-corrected chi connectivity index (χ2v) is 9.07. The fourth-order valence-electron chi connectivity index (χ4n) is 3.01. The topological polar surface area (TPSA) is 110 Å². The molecule has 0 atom stereocenters. The Kier molecular flexibility index (Phi) is 7.45. The molecule has 0 saturated carbocycles. The minimum Gasteiger partial charge on any atom is -0.354 e. The van der Waals surface area contributed by atoms with Crippen molar-refractivity contribution in [3.8, 4) is 0 Å². The number of para-hydroxylation sites is 1. The third kappa shape index (κ3) is 5.63. The first kappa shape index (κ1) is 23.2. The van der Waals surface area contributed by atoms with E-state index in [2.05, 4.69) is 5.32 Å². The second-order valence-electron chi connectivity index (χ2n) is 6.80. The molecule has 0 spiro atoms. The maximum absolute atomic E-state index is 13.3. The number of halogens is 1. The van der Waals surface area contributed by atoms with Gasteiger partial charge in [-0.3, -0.25) is 19.2 Å². The van der Waals surface area contributed by atoms with Crippen LogP contribution in [0.5, 0.6) is 0 Å². The van der Waals surface area contributed by atoms with Crippen LogP contribution >= 0.6 is 11.6 Å². The first-order valence-electron chi connectivity index (χ1n) is 9.61. The number of nitrogens with zero attached hydrogens (tertiary/aromatic N) is 2. The van der Waals surface area contributed by atoms with E-state index in [0.29, 0.717) is 13.0 Å². The van der Waals surface area contributed by atoms with Gasteiger partial charge < -0.3 is 5.32 Å². The third-order valence-corrected chi connectivity index (χ3v) is 6.70. The van der Waals surface area contributed by atoms with E-state index < -0.39 is 33.1 Å². The van der Waals surface area contributed by atoms with Crippen molar-refractivity contribution < 1.29 is 18.1 Å². The molecule has 1 amide bonds. The molecule has 1 N–H and O–H groups in total. The molecule has 166 valence electrons. The molecular weight excluding hydrogens is 454 g/mol. The lowest BCUT2D eigenvalue weighted by Crippen LogP contribution is -2.41. The first-order valence-corrected chi connectivity index (χ1v) is 11.4. The molecule has 0 fully saturated rings. The zero-order valence-corrected chi connectivity index (χ0v) is 18.4. The molecule has 8 nitrogen and oxygen atoms in total. The van der Waals surface area contributed by atoms with Crippen molar-refractivity contribution in [2.75, 3.05) is 17.4 Å². The molecule has 32 heavy (non-hydrogen) atoms. The summed E-state index contributed by atoms with van der Waals surface area (Å²) < 4.78 is 27.6. The normalized spacial score (nSPS) is 11.0. The van der Waals surface area contributed by atoms with Crippen molar-refractivity contribution in [2.45, 2.75) is 11.3 Å². The zero-order chi connectivity index (χ0) is 23.1. The van der Waals surface area contributed by atoms with Gasteiger partial charge in [0.2, 0.25) is 5.91 Å². The summed E-state index contributed by atoms with van der Waals surface area (Å²) in [6.45, 7) is -0.157. The Labute approximate surface area is 190 Å². The maximum atomic E-state index is 13.3. The van der Waals surface area contributed by atoms with Crippen molar-refractivity contribution in [3.05, 3.63) is 99.6 Å². The third-order valence-electron chi connectivity index (χ3n) is 4.61. The fraction of sp³-hybridized carbons (Fsp3) is 0.136. The largest absolute Gasteiger partial charge is 0.354 e. The smallest absolute Gasteiger partial charge is 0.289 e. The van der Waals surface area contributed by atoms with E-state index in [1.807, 2.05) is 30.3 Å². The van der Waals surface area contributed by atoms with Crippen molar-refractivity contribution in [2.24, 2.45) is 0 Å². The summed E-state index contributed by atoms with van der Waals surface area (Å²) in [5.41, 5.74) is 0.755. The molecule has 0 bridgehead atoms. The van der Waals surface area contributed by atoms with E-state index in [1.54, 1.807) is 30.3 Å². The van der Waals surface area contributed by atoms with Crippen molar-refractivity contribution in [1.82, 2.24) is 5.32 Å². The average molecular weight is 474 g/mol. The van der Waals surface area contributed by atoms with Gasteiger partial charge in [-0.25, -0.2) is 8.42 Å². The Hall–Kier alpha value is -3.43. The molecule has 3 rings (SSSR count). The highest BCUT2D eigenvalue weighted by atomic mass is 35.5. The van der Waals surface area contributed by atoms with Crippen molar-refractivity contribution >= 4 is 38.9 Å². The minimum atomic E-state index is -4.29. The second kappa shape index (κ2) is 10.3. The molecule has 0 aliphatic carbocycles. The highest BCUT2D eigenvalue weighted by Crippen LogP contribution is 2.30. The SMILES string of the molecule is O=C(CN(c1ccccc1)S(=O)(=O)c1ccc(Cl)c([N+](=O)[O-])c1)NCCc1ccccc1. The quantitative estimate of drug-likeness (QED) is 0.375. The Morgan fingerprint density at radius 3 is 2.25 bits per heavy atom. The minimum absolute atomic E-state index is 0.182. The van der Waals surface area contributed by atoms with Gasteiger partial charge in [-0.15, -0.1) is 0 Å². The van der Waals surface area contributed by atoms with Crippen LogP contribution in [-0.2, 0) is 21.2 Å². The van der Waals surface area contributed by atoms with E-state index in [-0.39, 0.29) is 15.6 Å². The van der Waals surface area contributed by atoms with Crippen LogP contribution in [0.25, 0.3) is 0 Å². The molecule has 0 aliphatic rings. The van der Waals surface area contributed by atoms with Crippen LogP contribution in [0.2, 0.25) is 5.02 Å². The van der Waals surface area contributed by atoms with E-state index >= 15 is 0 Å². The molecule has 3 aromatic rings. The molecule has 0 aliphatic heterocycles. The van der Waals surface area contributed by atoms with Gasteiger partial charge in [0.1, 0.15) is 11.6 Å². The molecular formula is C22H20ClN3O5S. The van der Waals surface area contributed by atoms with E-state index in [4.69, 9.17) is 11.6 Å². The first-order chi connectivity index (χ1) is 15.3. The standard InChI is InChI=1S/C22H20ClN3O5S/c23-20-12-11-19(15-21(20)26(28)29)32(30,31)25(18-9-5-2-6-10-18)16-22(27)24-14-13-17-7-3-1-4-8-17/h1-12,15H,13-14,16H2,(H,24,27). The number of anilines is 1. The van der Waals surface area contributed by atoms with Gasteiger partial charge in [-0.05, 0) is 36.2 Å². The number of carbonyl (C=O) groups is 1. The number of hydrogen-bond acceptors (Lipinski definition) is 5. The summed E-state index contributed by atoms with van der Waals surface area (Å²) >= 11 is 5.82. The van der Waals surface area contributed by atoms with Crippen molar-refractivity contribution in [3.63, 3.8) is 0 Å². The Morgan fingerprint density at radius 2 is 1.62 bits per heavy atom. The number of nitro benzene ring substituents is 1. The number of nitrogens with one attached hydrogen (secondary N) is 1. The number of hydrogen-bond donors (Lipinski definition) is 1. The molecule has 0 radical (unpaired) electrons. The number of carbonyl (C=O) groups excluding carboxylic acids is 1. The van der Waals surface area contributed by atoms with E-state index in [9.17, 15) is 23.3 Å². The van der Waals surface area contributed by atoms with Crippen LogP contribution in [0.4, 0.5) is 11.4 Å². The lowest BCUT2D eigenvalue weighted by molar-refractivity contribution is -0.384. The highest BCUT2D eigenvalue weighted by molar-refractivity contribution is 7.92. The summed E-state index contributed by atoms with van der Waals surface area (Å²) in [5, 5.41) is 13.7. The fourth-order valence-corrected chi connectivity index (χ4v) is 4.63. The van der Waals surface area contributed by atoms with Crippen LogP contribution in [0.1, 0.15) is 5.56 Å². The van der Waals surface area contributed by atoms with Crippen molar-refractivity contribution in [1.29, 1.82) is 0 Å². The van der Waals surface area contributed by atoms with Gasteiger partial charge in [-0.2, -0.15) is 0 Å². The van der Waals surface area contributed by atoms with E-state index in [0.717, 1.165) is 22.0 Å². The number of rotatable bonds is 9. The summed E-state index contributed by atoms with van der Waals surface area (Å²) in [5.74, 6) is -0.503. The number of nitro groups is 1. The summed E-state index contributed by atoms with van der Waals surface area (Å²) in [7, 11) is -4.29. The predicted octanol–water partition coefficient (Wildman–Crippen LogP) is 3.80. The Balaban J connectivity index is 1.84. The van der Waals surface area contributed by atoms with E-state index in [1.165, 1.54) is 6.07 Å². The maximum Gasteiger partial charge on any atom is 0.289 e. The van der Waals surface area contributed by atoms with Crippen LogP contribution in [0.15, 0.2) is 83.8 Å². The molecule has 0 aromatic heterocycles. The van der Waals surface area contributed by atoms with Crippen LogP contribution in [-0.4, -0.2) is 32.3 Å². The van der Waals surface area contributed by atoms with Crippen LogP contribution < -0.4 is 9.62 Å². The predicted molar refractivity (Wildman–Crippen MR) is 122 cm³/mol. The Morgan fingerprint density at radius 1 is 1.00 bits per heavy atom. The van der Waals surface area contributed by atoms with Gasteiger partial charge in [-0.1, -0.05) is 60.1 Å².